The molecule has 1 N–H and O–H groups in total. The lowest BCUT2D eigenvalue weighted by molar-refractivity contribution is 0.655. The quantitative estimate of drug-likeness (QED) is 0.788. The average molecular weight is 266 g/mol. The topological polar surface area (TPSA) is 46.5 Å². The Kier molecular flexibility index (Phi) is 3.37. The maximum atomic E-state index is 4.70. The van der Waals surface area contributed by atoms with E-state index < -0.39 is 0 Å². The molecule has 0 unspecified atom stereocenters. The smallest absolute Gasteiger partial charge is 0.175 e. The summed E-state index contributed by atoms with van der Waals surface area (Å²) in [4.78, 5) is 7.95. The zero-order chi connectivity index (χ0) is 13.9. The van der Waals surface area contributed by atoms with Crippen LogP contribution in [0.25, 0.3) is 11.5 Å². The predicted molar refractivity (Wildman–Crippen MR) is 79.5 cm³/mol. The first-order valence-corrected chi connectivity index (χ1v) is 6.90. The van der Waals surface area contributed by atoms with Crippen molar-refractivity contribution in [2.45, 2.75) is 26.8 Å². The van der Waals surface area contributed by atoms with Crippen LogP contribution in [0.1, 0.15) is 23.9 Å². The van der Waals surface area contributed by atoms with E-state index in [0.717, 1.165) is 30.3 Å². The normalized spacial score (nSPS) is 10.9. The van der Waals surface area contributed by atoms with Crippen LogP contribution in [0.3, 0.4) is 0 Å². The number of aryl methyl sites for hydroxylation is 2. The van der Waals surface area contributed by atoms with Gasteiger partial charge in [-0.05, 0) is 31.0 Å². The maximum Gasteiger partial charge on any atom is 0.175 e. The average Bonchev–Trinajstić information content (AvgIpc) is 3.05. The third-order valence-electron chi connectivity index (χ3n) is 3.40. The molecule has 20 heavy (non-hydrogen) atoms. The molecule has 3 aromatic rings. The Morgan fingerprint density at radius 3 is 2.60 bits per heavy atom. The van der Waals surface area contributed by atoms with Crippen LogP contribution in [-0.4, -0.2) is 19.7 Å². The number of aromatic amines is 1. The SMILES string of the molecule is CCn1nc(Cc2ccccc2)nc1-c1[nH]ccc1C. The van der Waals surface area contributed by atoms with Crippen LogP contribution < -0.4 is 0 Å². The Morgan fingerprint density at radius 1 is 1.15 bits per heavy atom. The van der Waals surface area contributed by atoms with Gasteiger partial charge in [-0.2, -0.15) is 5.10 Å². The van der Waals surface area contributed by atoms with Gasteiger partial charge in [-0.25, -0.2) is 9.67 Å². The molecule has 2 heterocycles. The van der Waals surface area contributed by atoms with Gasteiger partial charge in [-0.15, -0.1) is 0 Å². The minimum absolute atomic E-state index is 0.764. The fraction of sp³-hybridized carbons (Fsp3) is 0.250. The fourth-order valence-electron chi connectivity index (χ4n) is 2.34. The van der Waals surface area contributed by atoms with Gasteiger partial charge in [0, 0.05) is 19.2 Å². The lowest BCUT2D eigenvalue weighted by Crippen LogP contribution is -2.01. The summed E-state index contributed by atoms with van der Waals surface area (Å²) >= 11 is 0. The van der Waals surface area contributed by atoms with Crippen molar-refractivity contribution in [2.24, 2.45) is 0 Å². The third kappa shape index (κ3) is 2.37. The molecular formula is C16H18N4. The number of H-pyrrole nitrogens is 1. The van der Waals surface area contributed by atoms with Gasteiger partial charge in [0.15, 0.2) is 11.6 Å². The van der Waals surface area contributed by atoms with E-state index in [1.165, 1.54) is 11.1 Å². The first-order valence-electron chi connectivity index (χ1n) is 6.90. The van der Waals surface area contributed by atoms with Gasteiger partial charge in [-0.3, -0.25) is 0 Å². The number of hydrogen-bond donors (Lipinski definition) is 1. The summed E-state index contributed by atoms with van der Waals surface area (Å²) in [6.07, 6.45) is 2.71. The minimum Gasteiger partial charge on any atom is -0.358 e. The van der Waals surface area contributed by atoms with Crippen molar-refractivity contribution in [2.75, 3.05) is 0 Å². The summed E-state index contributed by atoms with van der Waals surface area (Å²) in [5.41, 5.74) is 3.48. The number of nitrogens with zero attached hydrogens (tertiary/aromatic N) is 3. The number of rotatable bonds is 4. The van der Waals surface area contributed by atoms with E-state index >= 15 is 0 Å². The van der Waals surface area contributed by atoms with E-state index in [9.17, 15) is 0 Å². The molecule has 0 aliphatic carbocycles. The molecule has 4 heteroatoms. The standard InChI is InChI=1S/C16H18N4/c1-3-20-16(15-12(2)9-10-17-15)18-14(19-20)11-13-7-5-4-6-8-13/h4-10,17H,3,11H2,1-2H3. The van der Waals surface area contributed by atoms with Gasteiger partial charge in [0.25, 0.3) is 0 Å². The van der Waals surface area contributed by atoms with E-state index in [1.54, 1.807) is 0 Å². The molecule has 4 nitrogen and oxygen atoms in total. The number of nitrogens with one attached hydrogen (secondary N) is 1. The highest BCUT2D eigenvalue weighted by atomic mass is 15.3. The minimum atomic E-state index is 0.764. The Labute approximate surface area is 118 Å². The van der Waals surface area contributed by atoms with Gasteiger partial charge < -0.3 is 4.98 Å². The van der Waals surface area contributed by atoms with Crippen LogP contribution >= 0.6 is 0 Å². The summed E-state index contributed by atoms with van der Waals surface area (Å²) in [5, 5.41) is 4.61. The number of aromatic nitrogens is 4. The van der Waals surface area contributed by atoms with Gasteiger partial charge in [0.1, 0.15) is 0 Å². The van der Waals surface area contributed by atoms with Crippen molar-refractivity contribution >= 4 is 0 Å². The highest BCUT2D eigenvalue weighted by Gasteiger charge is 2.13. The molecule has 0 spiro atoms. The molecule has 0 fully saturated rings. The first-order chi connectivity index (χ1) is 9.78. The van der Waals surface area contributed by atoms with E-state index in [4.69, 9.17) is 4.98 Å². The molecule has 0 aliphatic heterocycles. The molecule has 0 aliphatic rings. The summed E-state index contributed by atoms with van der Waals surface area (Å²) in [7, 11) is 0. The summed E-state index contributed by atoms with van der Waals surface area (Å²) in [6, 6.07) is 12.4. The third-order valence-corrected chi connectivity index (χ3v) is 3.40. The summed E-state index contributed by atoms with van der Waals surface area (Å²) in [5.74, 6) is 1.78. The summed E-state index contributed by atoms with van der Waals surface area (Å²) < 4.78 is 1.96. The number of hydrogen-bond acceptors (Lipinski definition) is 2. The molecule has 2 aromatic heterocycles. The van der Waals surface area contributed by atoms with Crippen molar-refractivity contribution in [3.63, 3.8) is 0 Å². The molecule has 0 bridgehead atoms. The summed E-state index contributed by atoms with van der Waals surface area (Å²) in [6.45, 7) is 4.98. The van der Waals surface area contributed by atoms with Crippen molar-refractivity contribution in [1.82, 2.24) is 19.7 Å². The van der Waals surface area contributed by atoms with Crippen LogP contribution in [0.5, 0.6) is 0 Å². The predicted octanol–water partition coefficient (Wildman–Crippen LogP) is 3.19. The molecular weight excluding hydrogens is 248 g/mol. The van der Waals surface area contributed by atoms with Crippen molar-refractivity contribution < 1.29 is 0 Å². The zero-order valence-corrected chi connectivity index (χ0v) is 11.8. The molecule has 0 atom stereocenters. The van der Waals surface area contributed by atoms with Crippen LogP contribution in [-0.2, 0) is 13.0 Å². The van der Waals surface area contributed by atoms with Crippen LogP contribution in [0, 0.1) is 6.92 Å². The molecule has 3 rings (SSSR count). The Bertz CT molecular complexity index is 694. The molecule has 102 valence electrons. The Morgan fingerprint density at radius 2 is 1.95 bits per heavy atom. The van der Waals surface area contributed by atoms with E-state index in [1.807, 2.05) is 29.1 Å². The zero-order valence-electron chi connectivity index (χ0n) is 11.8. The van der Waals surface area contributed by atoms with Gasteiger partial charge in [-0.1, -0.05) is 30.3 Å². The maximum absolute atomic E-state index is 4.70. The second-order valence-electron chi connectivity index (χ2n) is 4.87. The van der Waals surface area contributed by atoms with Crippen LogP contribution in [0.4, 0.5) is 0 Å². The first kappa shape index (κ1) is 12.7. The van der Waals surface area contributed by atoms with Gasteiger partial charge in [0.05, 0.1) is 5.69 Å². The number of benzene rings is 1. The molecule has 0 saturated carbocycles. The molecule has 0 amide bonds. The second kappa shape index (κ2) is 5.33. The van der Waals surface area contributed by atoms with E-state index in [2.05, 4.69) is 42.1 Å². The van der Waals surface area contributed by atoms with E-state index in [-0.39, 0.29) is 0 Å². The monoisotopic (exact) mass is 266 g/mol. The second-order valence-corrected chi connectivity index (χ2v) is 4.87. The highest BCUT2D eigenvalue weighted by molar-refractivity contribution is 5.55. The van der Waals surface area contributed by atoms with Crippen molar-refractivity contribution in [3.8, 4) is 11.5 Å². The lowest BCUT2D eigenvalue weighted by atomic mass is 10.1. The Balaban J connectivity index is 1.95. The molecule has 0 saturated heterocycles. The van der Waals surface area contributed by atoms with E-state index in [0.29, 0.717) is 0 Å². The fourth-order valence-corrected chi connectivity index (χ4v) is 2.34. The molecule has 1 aromatic carbocycles. The van der Waals surface area contributed by atoms with Gasteiger partial charge in [0.2, 0.25) is 0 Å². The lowest BCUT2D eigenvalue weighted by Gasteiger charge is -2.01. The highest BCUT2D eigenvalue weighted by Crippen LogP contribution is 2.20. The van der Waals surface area contributed by atoms with Gasteiger partial charge >= 0.3 is 0 Å². The van der Waals surface area contributed by atoms with Crippen molar-refractivity contribution in [3.05, 3.63) is 59.5 Å². The Hall–Kier alpha value is -2.36. The van der Waals surface area contributed by atoms with Crippen molar-refractivity contribution in [1.29, 1.82) is 0 Å². The van der Waals surface area contributed by atoms with Crippen LogP contribution in [0.15, 0.2) is 42.6 Å². The van der Waals surface area contributed by atoms with Crippen LogP contribution in [0.2, 0.25) is 0 Å². The largest absolute Gasteiger partial charge is 0.358 e. The molecule has 0 radical (unpaired) electrons.